The second-order valence-electron chi connectivity index (χ2n) is 6.66. The van der Waals surface area contributed by atoms with Crippen LogP contribution in [-0.4, -0.2) is 33.8 Å². The smallest absolute Gasteiger partial charge is 0.327 e. The van der Waals surface area contributed by atoms with Gasteiger partial charge in [0.1, 0.15) is 15.9 Å². The highest BCUT2D eigenvalue weighted by atomic mass is 32.2. The lowest BCUT2D eigenvalue weighted by molar-refractivity contribution is -0.138. The number of nitrogens with zero attached hydrogens (tertiary/aromatic N) is 1. The van der Waals surface area contributed by atoms with Crippen molar-refractivity contribution < 1.29 is 14.7 Å². The minimum Gasteiger partial charge on any atom is -0.480 e. The van der Waals surface area contributed by atoms with Gasteiger partial charge in [-0.05, 0) is 19.4 Å². The highest BCUT2D eigenvalue weighted by Gasteiger charge is 2.23. The number of thiazole rings is 1. The minimum absolute atomic E-state index is 0.290. The molecule has 1 heterocycles. The van der Waals surface area contributed by atoms with Crippen LogP contribution in [0.4, 0.5) is 0 Å². The number of aromatic nitrogens is 1. The molecular weight excluding hydrogens is 404 g/mol. The number of hydrogen-bond donors (Lipinski definition) is 2. The molecule has 0 aliphatic heterocycles. The Morgan fingerprint density at radius 2 is 1.79 bits per heavy atom. The van der Waals surface area contributed by atoms with Crippen molar-refractivity contribution in [3.05, 3.63) is 76.3 Å². The Balaban J connectivity index is 1.65. The zero-order valence-corrected chi connectivity index (χ0v) is 17.8. The third-order valence-corrected chi connectivity index (χ3v) is 6.61. The number of carboxylic acid groups (broad SMARTS) is 1. The molecule has 1 amide bonds. The number of carboxylic acids is 1. The Morgan fingerprint density at radius 1 is 1.10 bits per heavy atom. The second-order valence-corrected chi connectivity index (χ2v) is 8.69. The molecule has 0 spiro atoms. The van der Waals surface area contributed by atoms with E-state index in [0.29, 0.717) is 22.1 Å². The van der Waals surface area contributed by atoms with Gasteiger partial charge in [-0.2, -0.15) is 11.8 Å². The summed E-state index contributed by atoms with van der Waals surface area (Å²) in [6, 6.07) is 16.8. The predicted molar refractivity (Wildman–Crippen MR) is 119 cm³/mol. The lowest BCUT2D eigenvalue weighted by Crippen LogP contribution is -2.42. The van der Waals surface area contributed by atoms with Crippen molar-refractivity contribution in [1.29, 1.82) is 0 Å². The van der Waals surface area contributed by atoms with Crippen molar-refractivity contribution in [3.63, 3.8) is 0 Å². The molecule has 0 saturated carbocycles. The van der Waals surface area contributed by atoms with Gasteiger partial charge in [0, 0.05) is 17.1 Å². The van der Waals surface area contributed by atoms with Gasteiger partial charge in [0.2, 0.25) is 0 Å². The van der Waals surface area contributed by atoms with Crippen molar-refractivity contribution in [1.82, 2.24) is 10.3 Å². The molecule has 0 saturated heterocycles. The molecule has 0 bridgehead atoms. The molecule has 150 valence electrons. The Hall–Kier alpha value is -2.64. The van der Waals surface area contributed by atoms with E-state index in [1.54, 1.807) is 6.92 Å². The van der Waals surface area contributed by atoms with Gasteiger partial charge in [-0.15, -0.1) is 11.3 Å². The molecule has 3 rings (SSSR count). The van der Waals surface area contributed by atoms with E-state index in [4.69, 9.17) is 0 Å². The summed E-state index contributed by atoms with van der Waals surface area (Å²) in [6.07, 6.45) is 0. The average molecular weight is 427 g/mol. The van der Waals surface area contributed by atoms with Crippen molar-refractivity contribution >= 4 is 35.0 Å². The van der Waals surface area contributed by atoms with E-state index in [-0.39, 0.29) is 0 Å². The van der Waals surface area contributed by atoms with Crippen LogP contribution in [0.2, 0.25) is 0 Å². The molecule has 0 unspecified atom stereocenters. The van der Waals surface area contributed by atoms with Crippen molar-refractivity contribution in [3.8, 4) is 10.6 Å². The van der Waals surface area contributed by atoms with Crippen LogP contribution in [0.3, 0.4) is 0 Å². The zero-order chi connectivity index (χ0) is 20.8. The Kier molecular flexibility index (Phi) is 7.06. The third kappa shape index (κ3) is 5.68. The first-order valence-electron chi connectivity index (χ1n) is 9.14. The van der Waals surface area contributed by atoms with Crippen molar-refractivity contribution in [2.45, 2.75) is 25.6 Å². The molecule has 5 nitrogen and oxygen atoms in total. The van der Waals surface area contributed by atoms with Gasteiger partial charge in [-0.1, -0.05) is 60.2 Å². The summed E-state index contributed by atoms with van der Waals surface area (Å²) in [5.41, 5.74) is 3.81. The fourth-order valence-electron chi connectivity index (χ4n) is 2.69. The molecule has 0 aliphatic rings. The summed E-state index contributed by atoms with van der Waals surface area (Å²) in [5.74, 6) is -0.457. The van der Waals surface area contributed by atoms with E-state index in [0.717, 1.165) is 21.7 Å². The van der Waals surface area contributed by atoms with E-state index >= 15 is 0 Å². The maximum Gasteiger partial charge on any atom is 0.327 e. The van der Waals surface area contributed by atoms with Crippen LogP contribution in [0.5, 0.6) is 0 Å². The molecular formula is C22H22N2O3S2. The Bertz CT molecular complexity index is 985. The maximum absolute atomic E-state index is 12.7. The SMILES string of the molecule is Cc1ccc(-c2nc(C)c(C(=O)N[C@@H](CSCc3ccccc3)C(=O)O)s2)cc1. The standard InChI is InChI=1S/C22H22N2O3S2/c1-14-8-10-17(11-9-14)21-23-15(2)19(29-21)20(25)24-18(22(26)27)13-28-12-16-6-4-3-5-7-16/h3-11,18H,12-13H2,1-2H3,(H,24,25)(H,26,27)/t18-/m0/s1. The summed E-state index contributed by atoms with van der Waals surface area (Å²) in [4.78, 5) is 29.2. The highest BCUT2D eigenvalue weighted by Crippen LogP contribution is 2.28. The van der Waals surface area contributed by atoms with Gasteiger partial charge < -0.3 is 10.4 Å². The molecule has 1 aromatic heterocycles. The predicted octanol–water partition coefficient (Wildman–Crippen LogP) is 4.54. The quantitative estimate of drug-likeness (QED) is 0.553. The van der Waals surface area contributed by atoms with E-state index in [1.807, 2.05) is 61.5 Å². The molecule has 7 heteroatoms. The fourth-order valence-corrected chi connectivity index (χ4v) is 4.68. The number of aliphatic carboxylic acids is 1. The minimum atomic E-state index is -1.04. The summed E-state index contributed by atoms with van der Waals surface area (Å²) >= 11 is 2.76. The van der Waals surface area contributed by atoms with Gasteiger partial charge in [0.05, 0.1) is 5.69 Å². The molecule has 0 aliphatic carbocycles. The number of benzene rings is 2. The number of aryl methyl sites for hydroxylation is 2. The monoisotopic (exact) mass is 426 g/mol. The number of thioether (sulfide) groups is 1. The van der Waals surface area contributed by atoms with Crippen LogP contribution in [0.1, 0.15) is 26.5 Å². The van der Waals surface area contributed by atoms with Gasteiger partial charge in [-0.25, -0.2) is 9.78 Å². The Labute approximate surface area is 178 Å². The molecule has 2 aromatic carbocycles. The van der Waals surface area contributed by atoms with E-state index in [1.165, 1.54) is 23.1 Å². The lowest BCUT2D eigenvalue weighted by Gasteiger charge is -2.14. The van der Waals surface area contributed by atoms with Crippen LogP contribution >= 0.6 is 23.1 Å². The van der Waals surface area contributed by atoms with E-state index in [2.05, 4.69) is 10.3 Å². The molecule has 29 heavy (non-hydrogen) atoms. The first-order valence-corrected chi connectivity index (χ1v) is 11.1. The number of hydrogen-bond acceptors (Lipinski definition) is 5. The first-order chi connectivity index (χ1) is 13.9. The van der Waals surface area contributed by atoms with Gasteiger partial charge in [0.25, 0.3) is 5.91 Å². The summed E-state index contributed by atoms with van der Waals surface area (Å²) in [7, 11) is 0. The number of rotatable bonds is 8. The van der Waals surface area contributed by atoms with Crippen LogP contribution in [-0.2, 0) is 10.5 Å². The molecule has 1 atom stereocenters. The lowest BCUT2D eigenvalue weighted by atomic mass is 10.2. The topological polar surface area (TPSA) is 79.3 Å². The van der Waals surface area contributed by atoms with Gasteiger partial charge >= 0.3 is 5.97 Å². The fraction of sp³-hybridized carbons (Fsp3) is 0.227. The van der Waals surface area contributed by atoms with Gasteiger partial charge in [0.15, 0.2) is 0 Å². The molecule has 0 radical (unpaired) electrons. The normalized spacial score (nSPS) is 11.8. The summed E-state index contributed by atoms with van der Waals surface area (Å²) in [5, 5.41) is 12.9. The average Bonchev–Trinajstić information content (AvgIpc) is 3.10. The van der Waals surface area contributed by atoms with E-state index in [9.17, 15) is 14.7 Å². The number of carbonyl (C=O) groups is 2. The van der Waals surface area contributed by atoms with Crippen LogP contribution in [0, 0.1) is 13.8 Å². The zero-order valence-electron chi connectivity index (χ0n) is 16.2. The largest absolute Gasteiger partial charge is 0.480 e. The van der Waals surface area contributed by atoms with E-state index < -0.39 is 17.9 Å². The number of nitrogens with one attached hydrogen (secondary N) is 1. The first kappa shape index (κ1) is 21.1. The summed E-state index contributed by atoms with van der Waals surface area (Å²) < 4.78 is 0. The number of carbonyl (C=O) groups excluding carboxylic acids is 1. The highest BCUT2D eigenvalue weighted by molar-refractivity contribution is 7.98. The Morgan fingerprint density at radius 3 is 2.45 bits per heavy atom. The molecule has 2 N–H and O–H groups in total. The number of amides is 1. The second kappa shape index (κ2) is 9.71. The van der Waals surface area contributed by atoms with Crippen LogP contribution in [0.15, 0.2) is 54.6 Å². The van der Waals surface area contributed by atoms with Crippen LogP contribution < -0.4 is 5.32 Å². The van der Waals surface area contributed by atoms with Crippen molar-refractivity contribution in [2.24, 2.45) is 0 Å². The van der Waals surface area contributed by atoms with Crippen molar-refractivity contribution in [2.75, 3.05) is 5.75 Å². The summed E-state index contributed by atoms with van der Waals surface area (Å²) in [6.45, 7) is 3.78. The molecule has 0 fully saturated rings. The maximum atomic E-state index is 12.7. The van der Waals surface area contributed by atoms with Gasteiger partial charge in [-0.3, -0.25) is 4.79 Å². The molecule has 3 aromatic rings. The third-order valence-electron chi connectivity index (χ3n) is 4.30. The van der Waals surface area contributed by atoms with Crippen LogP contribution in [0.25, 0.3) is 10.6 Å².